The summed E-state index contributed by atoms with van der Waals surface area (Å²) in [6, 6.07) is 7.88. The second-order valence-electron chi connectivity index (χ2n) is 4.94. The molecule has 0 saturated carbocycles. The van der Waals surface area contributed by atoms with E-state index < -0.39 is 0 Å². The summed E-state index contributed by atoms with van der Waals surface area (Å²) in [5, 5.41) is 8.58. The van der Waals surface area contributed by atoms with Gasteiger partial charge < -0.3 is 20.7 Å². The van der Waals surface area contributed by atoms with Gasteiger partial charge in [0, 0.05) is 26.7 Å². The number of nitrogens with one attached hydrogen (secondary N) is 3. The van der Waals surface area contributed by atoms with Crippen molar-refractivity contribution in [1.82, 2.24) is 16.0 Å². The van der Waals surface area contributed by atoms with Crippen LogP contribution in [0.5, 0.6) is 0 Å². The number of hydrogen-bond acceptors (Lipinski definition) is 4. The maximum Gasteiger partial charge on any atom is 0.239 e. The number of hydrogen-bond donors (Lipinski definition) is 3. The molecule has 0 radical (unpaired) electrons. The van der Waals surface area contributed by atoms with E-state index in [1.54, 1.807) is 7.11 Å². The van der Waals surface area contributed by atoms with Gasteiger partial charge >= 0.3 is 0 Å². The molecule has 2 amide bonds. The van der Waals surface area contributed by atoms with E-state index >= 15 is 0 Å². The molecule has 0 spiro atoms. The van der Waals surface area contributed by atoms with E-state index in [9.17, 15) is 9.59 Å². The first kappa shape index (κ1) is 15.5. The Morgan fingerprint density at radius 1 is 1.33 bits per heavy atom. The third-order valence-corrected chi connectivity index (χ3v) is 3.46. The predicted molar refractivity (Wildman–Crippen MR) is 78.8 cm³/mol. The lowest BCUT2D eigenvalue weighted by molar-refractivity contribution is -0.127. The Balaban J connectivity index is 1.86. The minimum absolute atomic E-state index is 0.0127. The molecular weight excluding hydrogens is 270 g/mol. The zero-order valence-corrected chi connectivity index (χ0v) is 12.1. The monoisotopic (exact) mass is 291 g/mol. The zero-order valence-electron chi connectivity index (χ0n) is 12.1. The van der Waals surface area contributed by atoms with Gasteiger partial charge in [0.1, 0.15) is 0 Å². The van der Waals surface area contributed by atoms with Crippen LogP contribution < -0.4 is 16.0 Å². The number of carbonyl (C=O) groups excluding carboxylic acids is 2. The minimum Gasteiger partial charge on any atom is -0.383 e. The van der Waals surface area contributed by atoms with Crippen LogP contribution in [0.2, 0.25) is 0 Å². The average molecular weight is 291 g/mol. The first-order valence-electron chi connectivity index (χ1n) is 7.04. The second-order valence-corrected chi connectivity index (χ2v) is 4.94. The SMILES string of the molecule is COCCNC(=O)CNC(=O)C1CNCc2ccccc21. The van der Waals surface area contributed by atoms with E-state index in [0.717, 1.165) is 17.7 Å². The summed E-state index contributed by atoms with van der Waals surface area (Å²) in [5.74, 6) is -0.587. The van der Waals surface area contributed by atoms with Gasteiger partial charge in [0.05, 0.1) is 19.1 Å². The number of amides is 2. The fraction of sp³-hybridized carbons (Fsp3) is 0.467. The van der Waals surface area contributed by atoms with Crippen molar-refractivity contribution in [2.45, 2.75) is 12.5 Å². The van der Waals surface area contributed by atoms with Gasteiger partial charge in [-0.3, -0.25) is 9.59 Å². The number of rotatable bonds is 6. The lowest BCUT2D eigenvalue weighted by Crippen LogP contribution is -2.43. The molecule has 1 heterocycles. The summed E-state index contributed by atoms with van der Waals surface area (Å²) >= 11 is 0. The molecule has 21 heavy (non-hydrogen) atoms. The molecule has 2 rings (SSSR count). The molecule has 0 aliphatic carbocycles. The molecule has 0 bridgehead atoms. The smallest absolute Gasteiger partial charge is 0.239 e. The first-order chi connectivity index (χ1) is 10.2. The highest BCUT2D eigenvalue weighted by molar-refractivity contribution is 5.89. The fourth-order valence-corrected chi connectivity index (χ4v) is 2.38. The second kappa shape index (κ2) is 7.75. The summed E-state index contributed by atoms with van der Waals surface area (Å²) in [5.41, 5.74) is 2.17. The van der Waals surface area contributed by atoms with Gasteiger partial charge in [-0.05, 0) is 11.1 Å². The maximum atomic E-state index is 12.2. The van der Waals surface area contributed by atoms with E-state index in [-0.39, 0.29) is 24.3 Å². The molecule has 114 valence electrons. The van der Waals surface area contributed by atoms with Gasteiger partial charge in [0.2, 0.25) is 11.8 Å². The number of carbonyl (C=O) groups is 2. The van der Waals surface area contributed by atoms with E-state index in [1.807, 2.05) is 24.3 Å². The average Bonchev–Trinajstić information content (AvgIpc) is 2.52. The van der Waals surface area contributed by atoms with Crippen LogP contribution in [0.1, 0.15) is 17.0 Å². The quantitative estimate of drug-likeness (QED) is 0.632. The third kappa shape index (κ3) is 4.27. The van der Waals surface area contributed by atoms with Gasteiger partial charge in [0.25, 0.3) is 0 Å². The lowest BCUT2D eigenvalue weighted by Gasteiger charge is -2.25. The van der Waals surface area contributed by atoms with Crippen molar-refractivity contribution in [2.75, 3.05) is 33.4 Å². The van der Waals surface area contributed by atoms with E-state index in [1.165, 1.54) is 0 Å². The van der Waals surface area contributed by atoms with Gasteiger partial charge in [0.15, 0.2) is 0 Å². The molecule has 6 heteroatoms. The topological polar surface area (TPSA) is 79.5 Å². The molecule has 1 atom stereocenters. The van der Waals surface area contributed by atoms with Crippen LogP contribution in [-0.2, 0) is 20.9 Å². The van der Waals surface area contributed by atoms with Crippen LogP contribution >= 0.6 is 0 Å². The van der Waals surface area contributed by atoms with Crippen molar-refractivity contribution in [3.8, 4) is 0 Å². The Bertz CT molecular complexity index is 505. The Morgan fingerprint density at radius 2 is 2.14 bits per heavy atom. The molecule has 0 saturated heterocycles. The molecule has 1 aromatic carbocycles. The summed E-state index contributed by atoms with van der Waals surface area (Å²) < 4.78 is 4.84. The fourth-order valence-electron chi connectivity index (χ4n) is 2.38. The molecule has 1 aliphatic heterocycles. The van der Waals surface area contributed by atoms with Crippen LogP contribution in [0.25, 0.3) is 0 Å². The van der Waals surface area contributed by atoms with Crippen molar-refractivity contribution < 1.29 is 14.3 Å². The van der Waals surface area contributed by atoms with Crippen LogP contribution in [0.4, 0.5) is 0 Å². The Morgan fingerprint density at radius 3 is 2.95 bits per heavy atom. The number of fused-ring (bicyclic) bond motifs is 1. The van der Waals surface area contributed by atoms with Crippen molar-refractivity contribution in [3.63, 3.8) is 0 Å². The Hall–Kier alpha value is -1.92. The molecule has 6 nitrogen and oxygen atoms in total. The molecule has 0 fully saturated rings. The van der Waals surface area contributed by atoms with Crippen LogP contribution in [-0.4, -0.2) is 45.2 Å². The Kier molecular flexibility index (Phi) is 5.71. The molecule has 3 N–H and O–H groups in total. The van der Waals surface area contributed by atoms with E-state index in [2.05, 4.69) is 16.0 Å². The molecule has 0 aromatic heterocycles. The number of benzene rings is 1. The summed E-state index contributed by atoms with van der Waals surface area (Å²) in [7, 11) is 1.57. The number of methoxy groups -OCH3 is 1. The van der Waals surface area contributed by atoms with Crippen molar-refractivity contribution in [2.24, 2.45) is 0 Å². The predicted octanol–water partition coefficient (Wildman–Crippen LogP) is -0.248. The zero-order chi connectivity index (χ0) is 15.1. The van der Waals surface area contributed by atoms with Gasteiger partial charge in [-0.2, -0.15) is 0 Å². The third-order valence-electron chi connectivity index (χ3n) is 3.46. The van der Waals surface area contributed by atoms with Crippen LogP contribution in [0.3, 0.4) is 0 Å². The largest absolute Gasteiger partial charge is 0.383 e. The highest BCUT2D eigenvalue weighted by atomic mass is 16.5. The summed E-state index contributed by atoms with van der Waals surface area (Å²) in [4.78, 5) is 23.8. The van der Waals surface area contributed by atoms with Crippen LogP contribution in [0.15, 0.2) is 24.3 Å². The minimum atomic E-state index is -0.248. The van der Waals surface area contributed by atoms with Crippen LogP contribution in [0, 0.1) is 0 Å². The van der Waals surface area contributed by atoms with E-state index in [4.69, 9.17) is 4.74 Å². The van der Waals surface area contributed by atoms with Crippen molar-refractivity contribution in [3.05, 3.63) is 35.4 Å². The lowest BCUT2D eigenvalue weighted by atomic mass is 9.90. The van der Waals surface area contributed by atoms with Gasteiger partial charge in [-0.25, -0.2) is 0 Å². The maximum absolute atomic E-state index is 12.2. The standard InChI is InChI=1S/C15H21N3O3/c1-21-7-6-17-14(19)10-18-15(20)13-9-16-8-11-4-2-3-5-12(11)13/h2-5,13,16H,6-10H2,1H3,(H,17,19)(H,18,20). The molecular formula is C15H21N3O3. The van der Waals surface area contributed by atoms with Crippen molar-refractivity contribution in [1.29, 1.82) is 0 Å². The molecule has 1 unspecified atom stereocenters. The normalized spacial score (nSPS) is 16.9. The Labute approximate surface area is 124 Å². The molecule has 1 aliphatic rings. The van der Waals surface area contributed by atoms with Crippen molar-refractivity contribution >= 4 is 11.8 Å². The summed E-state index contributed by atoms with van der Waals surface area (Å²) in [6.45, 7) is 2.26. The molecule has 1 aromatic rings. The highest BCUT2D eigenvalue weighted by Gasteiger charge is 2.25. The summed E-state index contributed by atoms with van der Waals surface area (Å²) in [6.07, 6.45) is 0. The van der Waals surface area contributed by atoms with Gasteiger partial charge in [-0.1, -0.05) is 24.3 Å². The highest BCUT2D eigenvalue weighted by Crippen LogP contribution is 2.23. The van der Waals surface area contributed by atoms with E-state index in [0.29, 0.717) is 19.7 Å². The number of ether oxygens (including phenoxy) is 1. The van der Waals surface area contributed by atoms with Gasteiger partial charge in [-0.15, -0.1) is 0 Å². The first-order valence-corrected chi connectivity index (χ1v) is 7.04.